The molecule has 2 aromatic carbocycles. The molecule has 3 rings (SSSR count). The fourth-order valence-electron chi connectivity index (χ4n) is 2.71. The van der Waals surface area contributed by atoms with Crippen LogP contribution in [0.2, 0.25) is 0 Å². The number of anilines is 2. The van der Waals surface area contributed by atoms with Crippen LogP contribution in [0.3, 0.4) is 0 Å². The Kier molecular flexibility index (Phi) is 3.98. The highest BCUT2D eigenvalue weighted by Gasteiger charge is 2.30. The maximum Gasteiger partial charge on any atom is 0.416 e. The predicted molar refractivity (Wildman–Crippen MR) is 82.6 cm³/mol. The molecule has 0 saturated carbocycles. The van der Waals surface area contributed by atoms with Gasteiger partial charge in [0.1, 0.15) is 0 Å². The number of carbonyl (C=O) groups is 1. The van der Waals surface area contributed by atoms with Crippen molar-refractivity contribution in [3.63, 3.8) is 0 Å². The molecule has 2 aromatic rings. The number of hydrogen-bond acceptors (Lipinski definition) is 1. The van der Waals surface area contributed by atoms with Crippen LogP contribution in [0.25, 0.3) is 0 Å². The van der Waals surface area contributed by atoms with Crippen molar-refractivity contribution in [1.82, 2.24) is 0 Å². The molecule has 2 amide bonds. The van der Waals surface area contributed by atoms with Crippen LogP contribution < -0.4 is 10.2 Å². The number of urea groups is 1. The summed E-state index contributed by atoms with van der Waals surface area (Å²) in [6.07, 6.45) is -2.71. The molecular formula is C17H15F3N2O. The molecular weight excluding hydrogens is 305 g/mol. The number of nitrogens with zero attached hydrogens (tertiary/aromatic N) is 1. The molecule has 1 heterocycles. The smallest absolute Gasteiger partial charge is 0.308 e. The molecule has 0 radical (unpaired) electrons. The second-order valence-electron chi connectivity index (χ2n) is 5.39. The number of fused-ring (bicyclic) bond motifs is 1. The SMILES string of the molecule is O=C(Nc1cccc(C(F)(F)F)c1)N1CCCc2ccccc21. The van der Waals surface area contributed by atoms with E-state index >= 15 is 0 Å². The van der Waals surface area contributed by atoms with E-state index in [0.29, 0.717) is 6.54 Å². The Hall–Kier alpha value is -2.50. The summed E-state index contributed by atoms with van der Waals surface area (Å²) in [7, 11) is 0. The van der Waals surface area contributed by atoms with Crippen LogP contribution in [0.15, 0.2) is 48.5 Å². The molecule has 6 heteroatoms. The zero-order valence-corrected chi connectivity index (χ0v) is 12.2. The molecule has 23 heavy (non-hydrogen) atoms. The summed E-state index contributed by atoms with van der Waals surface area (Å²) in [5.74, 6) is 0. The Morgan fingerprint density at radius 3 is 2.65 bits per heavy atom. The number of hydrogen-bond donors (Lipinski definition) is 1. The highest BCUT2D eigenvalue weighted by Crippen LogP contribution is 2.31. The first-order chi connectivity index (χ1) is 10.9. The highest BCUT2D eigenvalue weighted by molar-refractivity contribution is 6.02. The van der Waals surface area contributed by atoms with E-state index in [1.54, 1.807) is 4.90 Å². The molecule has 1 N–H and O–H groups in total. The van der Waals surface area contributed by atoms with Crippen molar-refractivity contribution < 1.29 is 18.0 Å². The van der Waals surface area contributed by atoms with E-state index in [9.17, 15) is 18.0 Å². The molecule has 1 aliphatic heterocycles. The molecule has 0 aromatic heterocycles. The van der Waals surface area contributed by atoms with Gasteiger partial charge in [0.05, 0.1) is 5.56 Å². The lowest BCUT2D eigenvalue weighted by Crippen LogP contribution is -2.38. The third-order valence-corrected chi connectivity index (χ3v) is 3.80. The molecule has 0 bridgehead atoms. The molecule has 0 aliphatic carbocycles. The first-order valence-corrected chi connectivity index (χ1v) is 7.29. The minimum Gasteiger partial charge on any atom is -0.308 e. The minimum atomic E-state index is -4.43. The van der Waals surface area contributed by atoms with Gasteiger partial charge in [0, 0.05) is 17.9 Å². The Bertz CT molecular complexity index is 728. The number of para-hydroxylation sites is 1. The van der Waals surface area contributed by atoms with Gasteiger partial charge in [0.2, 0.25) is 0 Å². The van der Waals surface area contributed by atoms with E-state index in [2.05, 4.69) is 5.32 Å². The quantitative estimate of drug-likeness (QED) is 0.812. The third kappa shape index (κ3) is 3.31. The molecule has 3 nitrogen and oxygen atoms in total. The summed E-state index contributed by atoms with van der Waals surface area (Å²) in [4.78, 5) is 14.0. The zero-order chi connectivity index (χ0) is 16.4. The minimum absolute atomic E-state index is 0.132. The van der Waals surface area contributed by atoms with Gasteiger partial charge in [-0.2, -0.15) is 13.2 Å². The summed E-state index contributed by atoms with van der Waals surface area (Å²) in [6, 6.07) is 11.8. The monoisotopic (exact) mass is 320 g/mol. The van der Waals surface area contributed by atoms with Crippen LogP contribution in [0, 0.1) is 0 Å². The van der Waals surface area contributed by atoms with Crippen molar-refractivity contribution in [2.45, 2.75) is 19.0 Å². The highest BCUT2D eigenvalue weighted by atomic mass is 19.4. The number of carbonyl (C=O) groups excluding carboxylic acids is 1. The normalized spacial score (nSPS) is 14.3. The van der Waals surface area contributed by atoms with Crippen molar-refractivity contribution >= 4 is 17.4 Å². The average Bonchev–Trinajstić information content (AvgIpc) is 2.53. The van der Waals surface area contributed by atoms with Gasteiger partial charge in [0.25, 0.3) is 0 Å². The zero-order valence-electron chi connectivity index (χ0n) is 12.2. The van der Waals surface area contributed by atoms with Crippen molar-refractivity contribution in [3.05, 3.63) is 59.7 Å². The van der Waals surface area contributed by atoms with Crippen LogP contribution in [-0.4, -0.2) is 12.6 Å². The summed E-state index contributed by atoms with van der Waals surface area (Å²) >= 11 is 0. The summed E-state index contributed by atoms with van der Waals surface area (Å²) < 4.78 is 38.2. The van der Waals surface area contributed by atoms with Crippen LogP contribution in [0.4, 0.5) is 29.3 Å². The molecule has 0 atom stereocenters. The van der Waals surface area contributed by atoms with Crippen molar-refractivity contribution in [2.75, 3.05) is 16.8 Å². The van der Waals surface area contributed by atoms with Crippen molar-refractivity contribution in [3.8, 4) is 0 Å². The second-order valence-corrected chi connectivity index (χ2v) is 5.39. The summed E-state index contributed by atoms with van der Waals surface area (Å²) in [5.41, 5.74) is 1.23. The van der Waals surface area contributed by atoms with Crippen LogP contribution in [0.1, 0.15) is 17.5 Å². The van der Waals surface area contributed by atoms with E-state index in [1.807, 2.05) is 24.3 Å². The molecule has 0 saturated heterocycles. The second kappa shape index (κ2) is 5.95. The van der Waals surface area contributed by atoms with Gasteiger partial charge in [-0.25, -0.2) is 4.79 Å². The number of nitrogens with one attached hydrogen (secondary N) is 1. The fourth-order valence-corrected chi connectivity index (χ4v) is 2.71. The van der Waals surface area contributed by atoms with E-state index in [-0.39, 0.29) is 5.69 Å². The summed E-state index contributed by atoms with van der Waals surface area (Å²) in [5, 5.41) is 2.55. The molecule has 0 unspecified atom stereocenters. The van der Waals surface area contributed by atoms with Gasteiger partial charge in [-0.3, -0.25) is 4.90 Å². The van der Waals surface area contributed by atoms with Crippen molar-refractivity contribution in [1.29, 1.82) is 0 Å². The maximum atomic E-state index is 12.7. The van der Waals surface area contributed by atoms with E-state index in [0.717, 1.165) is 36.2 Å². The van der Waals surface area contributed by atoms with Gasteiger partial charge in [-0.1, -0.05) is 24.3 Å². The van der Waals surface area contributed by atoms with Crippen LogP contribution in [-0.2, 0) is 12.6 Å². The van der Waals surface area contributed by atoms with Gasteiger partial charge in [-0.15, -0.1) is 0 Å². The average molecular weight is 320 g/mol. The molecule has 120 valence electrons. The van der Waals surface area contributed by atoms with E-state index in [1.165, 1.54) is 12.1 Å². The number of amides is 2. The molecule has 1 aliphatic rings. The maximum absolute atomic E-state index is 12.7. The fraction of sp³-hybridized carbons (Fsp3) is 0.235. The Morgan fingerprint density at radius 1 is 1.09 bits per heavy atom. The van der Waals surface area contributed by atoms with Gasteiger partial charge >= 0.3 is 12.2 Å². The predicted octanol–water partition coefficient (Wildman–Crippen LogP) is 4.69. The lowest BCUT2D eigenvalue weighted by molar-refractivity contribution is -0.137. The van der Waals surface area contributed by atoms with Crippen LogP contribution in [0.5, 0.6) is 0 Å². The lowest BCUT2D eigenvalue weighted by atomic mass is 10.0. The van der Waals surface area contributed by atoms with Crippen LogP contribution >= 0.6 is 0 Å². The third-order valence-electron chi connectivity index (χ3n) is 3.80. The van der Waals surface area contributed by atoms with E-state index in [4.69, 9.17) is 0 Å². The Balaban J connectivity index is 1.81. The molecule has 0 fully saturated rings. The number of rotatable bonds is 1. The Labute approximate surface area is 131 Å². The Morgan fingerprint density at radius 2 is 1.87 bits per heavy atom. The number of halogens is 3. The summed E-state index contributed by atoms with van der Waals surface area (Å²) in [6.45, 7) is 0.543. The first kappa shape index (κ1) is 15.4. The first-order valence-electron chi connectivity index (χ1n) is 7.29. The van der Waals surface area contributed by atoms with Crippen molar-refractivity contribution in [2.24, 2.45) is 0 Å². The van der Waals surface area contributed by atoms with Gasteiger partial charge in [-0.05, 0) is 42.7 Å². The molecule has 0 spiro atoms. The standard InChI is InChI=1S/C17H15F3N2O/c18-17(19,20)13-7-3-8-14(11-13)21-16(23)22-10-4-6-12-5-1-2-9-15(12)22/h1-3,5,7-9,11H,4,6,10H2,(H,21,23). The van der Waals surface area contributed by atoms with E-state index < -0.39 is 17.8 Å². The topological polar surface area (TPSA) is 32.3 Å². The van der Waals surface area contributed by atoms with Gasteiger partial charge in [0.15, 0.2) is 0 Å². The number of alkyl halides is 3. The largest absolute Gasteiger partial charge is 0.416 e. The van der Waals surface area contributed by atoms with Gasteiger partial charge < -0.3 is 5.32 Å². The number of benzene rings is 2. The number of aryl methyl sites for hydroxylation is 1. The lowest BCUT2D eigenvalue weighted by Gasteiger charge is -2.29.